The Bertz CT molecular complexity index is 818. The van der Waals surface area contributed by atoms with E-state index in [1.165, 1.54) is 0 Å². The van der Waals surface area contributed by atoms with Crippen molar-refractivity contribution in [3.05, 3.63) is 65.4 Å². The quantitative estimate of drug-likeness (QED) is 0.726. The van der Waals surface area contributed by atoms with Crippen LogP contribution in [0.4, 0.5) is 0 Å². The number of nitrogens with one attached hydrogen (secondary N) is 1. The molecule has 4 heteroatoms. The fourth-order valence-corrected chi connectivity index (χ4v) is 2.71. The van der Waals surface area contributed by atoms with Gasteiger partial charge in [-0.3, -0.25) is 0 Å². The Kier molecular flexibility index (Phi) is 4.33. The van der Waals surface area contributed by atoms with Crippen LogP contribution < -0.4 is 4.74 Å². The Morgan fingerprint density at radius 3 is 2.52 bits per heavy atom. The average molecular weight is 309 g/mol. The third-order valence-electron chi connectivity index (χ3n) is 3.83. The highest BCUT2D eigenvalue weighted by atomic mass is 16.5. The normalized spacial score (nSPS) is 10.7. The predicted octanol–water partition coefficient (Wildman–Crippen LogP) is 3.94. The first kappa shape index (κ1) is 15.2. The van der Waals surface area contributed by atoms with Crippen molar-refractivity contribution in [2.75, 3.05) is 13.7 Å². The number of aromatic nitrogens is 1. The molecule has 0 radical (unpaired) electrons. The highest BCUT2D eigenvalue weighted by Crippen LogP contribution is 2.26. The number of carbonyl (C=O) groups excluding carboxylic acids is 1. The molecule has 3 rings (SSSR count). The lowest BCUT2D eigenvalue weighted by Crippen LogP contribution is -2.08. The van der Waals surface area contributed by atoms with Gasteiger partial charge in [0, 0.05) is 17.3 Å². The maximum Gasteiger partial charge on any atom is 0.355 e. The lowest BCUT2D eigenvalue weighted by molar-refractivity contribution is 0.0519. The Morgan fingerprint density at radius 2 is 1.83 bits per heavy atom. The van der Waals surface area contributed by atoms with Crippen LogP contribution in [-0.2, 0) is 11.2 Å². The zero-order chi connectivity index (χ0) is 16.2. The number of esters is 1. The molecule has 0 amide bonds. The molecule has 0 saturated heterocycles. The van der Waals surface area contributed by atoms with Gasteiger partial charge in [0.05, 0.1) is 13.7 Å². The van der Waals surface area contributed by atoms with E-state index in [2.05, 4.69) is 4.98 Å². The van der Waals surface area contributed by atoms with Crippen molar-refractivity contribution in [2.24, 2.45) is 0 Å². The molecule has 23 heavy (non-hydrogen) atoms. The van der Waals surface area contributed by atoms with Gasteiger partial charge in [0.1, 0.15) is 11.4 Å². The molecule has 0 aliphatic rings. The standard InChI is InChI=1S/C19H19NO3/c1-3-23-19(21)18-16(15-6-4-5-7-17(15)20-18)12-13-8-10-14(22-2)11-9-13/h4-11,20H,3,12H2,1-2H3. The number of benzene rings is 2. The highest BCUT2D eigenvalue weighted by molar-refractivity contribution is 5.98. The van der Waals surface area contributed by atoms with Gasteiger partial charge < -0.3 is 14.5 Å². The van der Waals surface area contributed by atoms with Crippen molar-refractivity contribution < 1.29 is 14.3 Å². The van der Waals surface area contributed by atoms with Gasteiger partial charge >= 0.3 is 5.97 Å². The van der Waals surface area contributed by atoms with E-state index >= 15 is 0 Å². The minimum absolute atomic E-state index is 0.313. The summed E-state index contributed by atoms with van der Waals surface area (Å²) in [5.41, 5.74) is 3.55. The Labute approximate surface area is 135 Å². The van der Waals surface area contributed by atoms with Crippen molar-refractivity contribution >= 4 is 16.9 Å². The lowest BCUT2D eigenvalue weighted by atomic mass is 10.0. The number of aromatic amines is 1. The summed E-state index contributed by atoms with van der Waals surface area (Å²) in [5, 5.41) is 1.05. The molecule has 3 aromatic rings. The first-order valence-electron chi connectivity index (χ1n) is 7.62. The summed E-state index contributed by atoms with van der Waals surface area (Å²) in [6.07, 6.45) is 0.655. The molecule has 0 aliphatic heterocycles. The van der Waals surface area contributed by atoms with Crippen LogP contribution in [0.2, 0.25) is 0 Å². The molecule has 0 fully saturated rings. The maximum atomic E-state index is 12.3. The minimum Gasteiger partial charge on any atom is -0.497 e. The predicted molar refractivity (Wildman–Crippen MR) is 90.1 cm³/mol. The van der Waals surface area contributed by atoms with Crippen molar-refractivity contribution in [1.82, 2.24) is 4.98 Å². The smallest absolute Gasteiger partial charge is 0.355 e. The number of para-hydroxylation sites is 1. The third kappa shape index (κ3) is 3.06. The van der Waals surface area contributed by atoms with E-state index in [-0.39, 0.29) is 5.97 Å². The van der Waals surface area contributed by atoms with E-state index in [4.69, 9.17) is 9.47 Å². The molecule has 2 aromatic carbocycles. The van der Waals surface area contributed by atoms with Crippen LogP contribution >= 0.6 is 0 Å². The second-order valence-corrected chi connectivity index (χ2v) is 5.27. The molecular formula is C19H19NO3. The van der Waals surface area contributed by atoms with Gasteiger partial charge in [0.15, 0.2) is 0 Å². The van der Waals surface area contributed by atoms with Crippen LogP contribution in [0.15, 0.2) is 48.5 Å². The van der Waals surface area contributed by atoms with Crippen molar-refractivity contribution in [1.29, 1.82) is 0 Å². The number of fused-ring (bicyclic) bond motifs is 1. The molecule has 0 bridgehead atoms. The van der Waals surface area contributed by atoms with E-state index < -0.39 is 0 Å². The van der Waals surface area contributed by atoms with Gasteiger partial charge in [-0.2, -0.15) is 0 Å². The van der Waals surface area contributed by atoms with Gasteiger partial charge in [-0.15, -0.1) is 0 Å². The number of H-pyrrole nitrogens is 1. The molecule has 4 nitrogen and oxygen atoms in total. The zero-order valence-electron chi connectivity index (χ0n) is 13.3. The molecular weight excluding hydrogens is 290 g/mol. The molecule has 0 spiro atoms. The summed E-state index contributed by atoms with van der Waals surface area (Å²) in [7, 11) is 1.65. The fraction of sp³-hybridized carbons (Fsp3) is 0.211. The summed E-state index contributed by atoms with van der Waals surface area (Å²) in [6, 6.07) is 15.8. The number of hydrogen-bond acceptors (Lipinski definition) is 3. The number of hydrogen-bond donors (Lipinski definition) is 1. The number of carbonyl (C=O) groups is 1. The number of ether oxygens (including phenoxy) is 2. The Morgan fingerprint density at radius 1 is 1.09 bits per heavy atom. The van der Waals surface area contributed by atoms with E-state index in [0.717, 1.165) is 27.8 Å². The molecule has 0 atom stereocenters. The summed E-state index contributed by atoms with van der Waals surface area (Å²) in [5.74, 6) is 0.505. The minimum atomic E-state index is -0.313. The van der Waals surface area contributed by atoms with E-state index in [1.807, 2.05) is 55.5 Å². The second-order valence-electron chi connectivity index (χ2n) is 5.27. The Balaban J connectivity index is 2.02. The maximum absolute atomic E-state index is 12.3. The van der Waals surface area contributed by atoms with Crippen molar-refractivity contribution in [3.8, 4) is 5.75 Å². The summed E-state index contributed by atoms with van der Waals surface area (Å²) in [6.45, 7) is 2.17. The molecule has 1 aromatic heterocycles. The number of methoxy groups -OCH3 is 1. The summed E-state index contributed by atoms with van der Waals surface area (Å²) < 4.78 is 10.4. The summed E-state index contributed by atoms with van der Waals surface area (Å²) >= 11 is 0. The lowest BCUT2D eigenvalue weighted by Gasteiger charge is -2.06. The average Bonchev–Trinajstić information content (AvgIpc) is 2.95. The topological polar surface area (TPSA) is 51.3 Å². The van der Waals surface area contributed by atoms with Crippen LogP contribution in [0.1, 0.15) is 28.5 Å². The zero-order valence-corrected chi connectivity index (χ0v) is 13.3. The fourth-order valence-electron chi connectivity index (χ4n) is 2.71. The van der Waals surface area contributed by atoms with E-state index in [0.29, 0.717) is 18.7 Å². The van der Waals surface area contributed by atoms with Gasteiger partial charge in [0.2, 0.25) is 0 Å². The SMILES string of the molecule is CCOC(=O)c1[nH]c2ccccc2c1Cc1ccc(OC)cc1. The van der Waals surface area contributed by atoms with Crippen LogP contribution in [0.5, 0.6) is 5.75 Å². The highest BCUT2D eigenvalue weighted by Gasteiger charge is 2.18. The first-order valence-corrected chi connectivity index (χ1v) is 7.62. The largest absolute Gasteiger partial charge is 0.497 e. The van der Waals surface area contributed by atoms with Gasteiger partial charge in [-0.1, -0.05) is 30.3 Å². The molecule has 0 unspecified atom stereocenters. The second kappa shape index (κ2) is 6.57. The van der Waals surface area contributed by atoms with Crippen molar-refractivity contribution in [2.45, 2.75) is 13.3 Å². The van der Waals surface area contributed by atoms with Crippen LogP contribution in [0.25, 0.3) is 10.9 Å². The van der Waals surface area contributed by atoms with E-state index in [1.54, 1.807) is 7.11 Å². The van der Waals surface area contributed by atoms with Gasteiger partial charge in [0.25, 0.3) is 0 Å². The molecule has 0 aliphatic carbocycles. The first-order chi connectivity index (χ1) is 11.2. The monoisotopic (exact) mass is 309 g/mol. The molecule has 0 saturated carbocycles. The summed E-state index contributed by atoms with van der Waals surface area (Å²) in [4.78, 5) is 15.4. The van der Waals surface area contributed by atoms with Crippen LogP contribution in [0.3, 0.4) is 0 Å². The number of rotatable bonds is 5. The molecule has 1 heterocycles. The molecule has 118 valence electrons. The van der Waals surface area contributed by atoms with Gasteiger partial charge in [-0.25, -0.2) is 4.79 Å². The van der Waals surface area contributed by atoms with Crippen LogP contribution in [0, 0.1) is 0 Å². The van der Waals surface area contributed by atoms with E-state index in [9.17, 15) is 4.79 Å². The Hall–Kier alpha value is -2.75. The van der Waals surface area contributed by atoms with Gasteiger partial charge in [-0.05, 0) is 36.2 Å². The molecule has 1 N–H and O–H groups in total. The van der Waals surface area contributed by atoms with Crippen molar-refractivity contribution in [3.63, 3.8) is 0 Å². The van der Waals surface area contributed by atoms with Crippen LogP contribution in [-0.4, -0.2) is 24.7 Å². The third-order valence-corrected chi connectivity index (χ3v) is 3.83.